The van der Waals surface area contributed by atoms with Gasteiger partial charge in [-0.05, 0) is 12.1 Å². The van der Waals surface area contributed by atoms with E-state index in [1.54, 1.807) is 18.5 Å². The summed E-state index contributed by atoms with van der Waals surface area (Å²) in [5.74, 6) is 1.49. The van der Waals surface area contributed by atoms with E-state index >= 15 is 0 Å². The monoisotopic (exact) mass is 200 g/mol. The van der Waals surface area contributed by atoms with E-state index in [0.29, 0.717) is 11.7 Å². The van der Waals surface area contributed by atoms with Crippen molar-refractivity contribution >= 4 is 0 Å². The quantitative estimate of drug-likeness (QED) is 0.715. The first-order chi connectivity index (χ1) is 7.31. The highest BCUT2D eigenvalue weighted by atomic mass is 16.4. The van der Waals surface area contributed by atoms with Crippen LogP contribution < -0.4 is 0 Å². The molecular formula is C12H12N2O. The molecule has 1 unspecified atom stereocenters. The number of aromatic nitrogens is 2. The molecule has 2 rings (SSSR count). The van der Waals surface area contributed by atoms with E-state index in [9.17, 15) is 0 Å². The first-order valence-corrected chi connectivity index (χ1v) is 4.81. The standard InChI is InChI=1S/C12H12N2O/c1-3-9(2)12-14-8-11(15-12)10-6-4-5-7-13-10/h3-9H,1H2,2H3. The molecule has 2 aromatic heterocycles. The summed E-state index contributed by atoms with van der Waals surface area (Å²) in [6, 6.07) is 5.68. The normalized spacial score (nSPS) is 12.3. The number of hydrogen-bond donors (Lipinski definition) is 0. The molecule has 3 heteroatoms. The fourth-order valence-electron chi connectivity index (χ4n) is 1.23. The maximum atomic E-state index is 5.58. The van der Waals surface area contributed by atoms with Gasteiger partial charge in [0.25, 0.3) is 0 Å². The van der Waals surface area contributed by atoms with E-state index in [1.807, 2.05) is 25.1 Å². The lowest BCUT2D eigenvalue weighted by atomic mass is 10.2. The molecule has 0 aliphatic carbocycles. The molecule has 0 saturated carbocycles. The molecular weight excluding hydrogens is 188 g/mol. The summed E-state index contributed by atoms with van der Waals surface area (Å²) in [5.41, 5.74) is 0.799. The van der Waals surface area contributed by atoms with Crippen LogP contribution in [-0.2, 0) is 0 Å². The van der Waals surface area contributed by atoms with Crippen LogP contribution in [0, 0.1) is 0 Å². The zero-order valence-corrected chi connectivity index (χ0v) is 8.55. The molecule has 0 saturated heterocycles. The SMILES string of the molecule is C=CC(C)c1ncc(-c2ccccn2)o1. The van der Waals surface area contributed by atoms with Crippen molar-refractivity contribution in [3.63, 3.8) is 0 Å². The van der Waals surface area contributed by atoms with Crippen LogP contribution in [0.5, 0.6) is 0 Å². The average Bonchev–Trinajstić information content (AvgIpc) is 2.78. The Kier molecular flexibility index (Phi) is 2.63. The van der Waals surface area contributed by atoms with Crippen molar-refractivity contribution in [2.24, 2.45) is 0 Å². The molecule has 0 aliphatic rings. The summed E-state index contributed by atoms with van der Waals surface area (Å²) < 4.78 is 5.58. The van der Waals surface area contributed by atoms with Gasteiger partial charge in [-0.3, -0.25) is 4.98 Å². The Morgan fingerprint density at radius 3 is 2.93 bits per heavy atom. The largest absolute Gasteiger partial charge is 0.438 e. The first-order valence-electron chi connectivity index (χ1n) is 4.81. The lowest BCUT2D eigenvalue weighted by Crippen LogP contribution is -1.86. The third kappa shape index (κ3) is 1.96. The predicted molar refractivity (Wildman–Crippen MR) is 58.3 cm³/mol. The Bertz CT molecular complexity index is 448. The molecule has 2 heterocycles. The van der Waals surface area contributed by atoms with Crippen molar-refractivity contribution in [2.75, 3.05) is 0 Å². The number of pyridine rings is 1. The Labute approximate surface area is 88.5 Å². The van der Waals surface area contributed by atoms with Gasteiger partial charge in [0.05, 0.1) is 12.1 Å². The number of allylic oxidation sites excluding steroid dienone is 1. The summed E-state index contributed by atoms with van der Waals surface area (Å²) in [5, 5.41) is 0. The van der Waals surface area contributed by atoms with Gasteiger partial charge in [-0.15, -0.1) is 6.58 Å². The molecule has 0 amide bonds. The molecule has 0 radical (unpaired) electrons. The molecule has 2 aromatic rings. The summed E-state index contributed by atoms with van der Waals surface area (Å²) in [6.45, 7) is 5.69. The van der Waals surface area contributed by atoms with Gasteiger partial charge in [0.15, 0.2) is 5.76 Å². The average molecular weight is 200 g/mol. The van der Waals surface area contributed by atoms with E-state index in [4.69, 9.17) is 4.42 Å². The van der Waals surface area contributed by atoms with Gasteiger partial charge in [-0.25, -0.2) is 4.98 Å². The van der Waals surface area contributed by atoms with Crippen LogP contribution in [-0.4, -0.2) is 9.97 Å². The van der Waals surface area contributed by atoms with Crippen molar-refractivity contribution in [1.82, 2.24) is 9.97 Å². The van der Waals surface area contributed by atoms with Gasteiger partial charge < -0.3 is 4.42 Å². The van der Waals surface area contributed by atoms with Gasteiger partial charge in [0.1, 0.15) is 5.69 Å². The van der Waals surface area contributed by atoms with Crippen molar-refractivity contribution in [2.45, 2.75) is 12.8 Å². The van der Waals surface area contributed by atoms with Gasteiger partial charge in [0, 0.05) is 6.20 Å². The zero-order chi connectivity index (χ0) is 10.7. The van der Waals surface area contributed by atoms with Gasteiger partial charge in [-0.2, -0.15) is 0 Å². The molecule has 3 nitrogen and oxygen atoms in total. The van der Waals surface area contributed by atoms with Crippen LogP contribution in [0.2, 0.25) is 0 Å². The van der Waals surface area contributed by atoms with E-state index < -0.39 is 0 Å². The molecule has 0 bridgehead atoms. The Balaban J connectivity index is 2.32. The van der Waals surface area contributed by atoms with Crippen LogP contribution in [0.3, 0.4) is 0 Å². The number of hydrogen-bond acceptors (Lipinski definition) is 3. The minimum Gasteiger partial charge on any atom is -0.438 e. The van der Waals surface area contributed by atoms with E-state index in [-0.39, 0.29) is 5.92 Å². The summed E-state index contributed by atoms with van der Waals surface area (Å²) in [6.07, 6.45) is 5.22. The summed E-state index contributed by atoms with van der Waals surface area (Å²) in [4.78, 5) is 8.37. The second kappa shape index (κ2) is 4.09. The van der Waals surface area contributed by atoms with Crippen LogP contribution in [0.1, 0.15) is 18.7 Å². The van der Waals surface area contributed by atoms with Gasteiger partial charge in [-0.1, -0.05) is 19.1 Å². The minimum atomic E-state index is 0.127. The van der Waals surface area contributed by atoms with Crippen molar-refractivity contribution in [3.05, 3.63) is 49.1 Å². The van der Waals surface area contributed by atoms with Crippen LogP contribution >= 0.6 is 0 Å². The fraction of sp³-hybridized carbons (Fsp3) is 0.167. The van der Waals surface area contributed by atoms with Crippen LogP contribution in [0.4, 0.5) is 0 Å². The maximum Gasteiger partial charge on any atom is 0.201 e. The topological polar surface area (TPSA) is 38.9 Å². The number of rotatable bonds is 3. The molecule has 76 valence electrons. The van der Waals surface area contributed by atoms with Crippen molar-refractivity contribution in [1.29, 1.82) is 0 Å². The lowest BCUT2D eigenvalue weighted by molar-refractivity contribution is 0.494. The Morgan fingerprint density at radius 2 is 2.27 bits per heavy atom. The molecule has 1 atom stereocenters. The second-order valence-corrected chi connectivity index (χ2v) is 3.30. The van der Waals surface area contributed by atoms with Gasteiger partial charge >= 0.3 is 0 Å². The maximum absolute atomic E-state index is 5.58. The molecule has 0 aromatic carbocycles. The number of oxazole rings is 1. The Hall–Kier alpha value is -1.90. The van der Waals surface area contributed by atoms with Crippen LogP contribution in [0.25, 0.3) is 11.5 Å². The third-order valence-corrected chi connectivity index (χ3v) is 2.18. The minimum absolute atomic E-state index is 0.127. The van der Waals surface area contributed by atoms with Gasteiger partial charge in [0.2, 0.25) is 5.89 Å². The first kappa shape index (κ1) is 9.65. The summed E-state index contributed by atoms with van der Waals surface area (Å²) >= 11 is 0. The molecule has 0 N–H and O–H groups in total. The predicted octanol–water partition coefficient (Wildman–Crippen LogP) is 3.03. The highest BCUT2D eigenvalue weighted by molar-refractivity contribution is 5.49. The van der Waals surface area contributed by atoms with Crippen molar-refractivity contribution in [3.8, 4) is 11.5 Å². The van der Waals surface area contributed by atoms with E-state index in [1.165, 1.54) is 0 Å². The smallest absolute Gasteiger partial charge is 0.201 e. The highest BCUT2D eigenvalue weighted by Gasteiger charge is 2.10. The molecule has 0 fully saturated rings. The van der Waals surface area contributed by atoms with Crippen molar-refractivity contribution < 1.29 is 4.42 Å². The van der Waals surface area contributed by atoms with E-state index in [0.717, 1.165) is 5.69 Å². The summed E-state index contributed by atoms with van der Waals surface area (Å²) in [7, 11) is 0. The fourth-order valence-corrected chi connectivity index (χ4v) is 1.23. The highest BCUT2D eigenvalue weighted by Crippen LogP contribution is 2.22. The number of nitrogens with zero attached hydrogens (tertiary/aromatic N) is 2. The molecule has 0 spiro atoms. The molecule has 0 aliphatic heterocycles. The zero-order valence-electron chi connectivity index (χ0n) is 8.55. The molecule has 15 heavy (non-hydrogen) atoms. The Morgan fingerprint density at radius 1 is 1.40 bits per heavy atom. The van der Waals surface area contributed by atoms with E-state index in [2.05, 4.69) is 16.5 Å². The lowest BCUT2D eigenvalue weighted by Gasteiger charge is -1.98. The third-order valence-electron chi connectivity index (χ3n) is 2.18. The van der Waals surface area contributed by atoms with Crippen LogP contribution in [0.15, 0.2) is 47.7 Å². The second-order valence-electron chi connectivity index (χ2n) is 3.30.